The molecule has 2 aliphatic heterocycles. The topological polar surface area (TPSA) is 87.0 Å². The van der Waals surface area contributed by atoms with E-state index in [-0.39, 0.29) is 29.8 Å². The van der Waals surface area contributed by atoms with Gasteiger partial charge in [-0.05, 0) is 36.4 Å². The highest BCUT2D eigenvalue weighted by molar-refractivity contribution is 6.30. The fourth-order valence-electron chi connectivity index (χ4n) is 3.97. The van der Waals surface area contributed by atoms with Gasteiger partial charge in [0.25, 0.3) is 5.69 Å². The van der Waals surface area contributed by atoms with Crippen molar-refractivity contribution in [3.8, 4) is 0 Å². The summed E-state index contributed by atoms with van der Waals surface area (Å²) in [6, 6.07) is 13.5. The third kappa shape index (κ3) is 4.09. The van der Waals surface area contributed by atoms with Crippen molar-refractivity contribution in [3.63, 3.8) is 0 Å². The van der Waals surface area contributed by atoms with E-state index in [0.717, 1.165) is 11.4 Å². The van der Waals surface area contributed by atoms with Gasteiger partial charge in [-0.25, -0.2) is 0 Å². The lowest BCUT2D eigenvalue weighted by atomic mass is 10.1. The molecule has 0 aliphatic carbocycles. The van der Waals surface area contributed by atoms with Crippen molar-refractivity contribution in [3.05, 3.63) is 63.7 Å². The fourth-order valence-corrected chi connectivity index (χ4v) is 4.10. The molecule has 2 aromatic carbocycles. The number of nitrogens with zero attached hydrogens (tertiary/aromatic N) is 4. The highest BCUT2D eigenvalue weighted by Crippen LogP contribution is 2.28. The van der Waals surface area contributed by atoms with Gasteiger partial charge in [0.1, 0.15) is 0 Å². The maximum absolute atomic E-state index is 13.0. The van der Waals surface area contributed by atoms with Gasteiger partial charge in [-0.15, -0.1) is 0 Å². The van der Waals surface area contributed by atoms with E-state index in [4.69, 9.17) is 11.6 Å². The number of rotatable bonds is 4. The quantitative estimate of drug-likeness (QED) is 0.552. The first kappa shape index (κ1) is 20.2. The van der Waals surface area contributed by atoms with Crippen LogP contribution in [0.4, 0.5) is 17.1 Å². The molecule has 0 aromatic heterocycles. The summed E-state index contributed by atoms with van der Waals surface area (Å²) in [6.07, 6.45) is 0.212. The van der Waals surface area contributed by atoms with Gasteiger partial charge >= 0.3 is 0 Å². The molecule has 2 amide bonds. The first-order valence-corrected chi connectivity index (χ1v) is 10.1. The molecule has 2 saturated heterocycles. The molecule has 8 nitrogen and oxygen atoms in total. The van der Waals surface area contributed by atoms with Crippen molar-refractivity contribution in [1.29, 1.82) is 0 Å². The molecule has 2 fully saturated rings. The van der Waals surface area contributed by atoms with E-state index in [1.54, 1.807) is 41.3 Å². The van der Waals surface area contributed by atoms with E-state index < -0.39 is 4.92 Å². The van der Waals surface area contributed by atoms with Crippen LogP contribution in [0.15, 0.2) is 48.5 Å². The van der Waals surface area contributed by atoms with Crippen LogP contribution in [0.5, 0.6) is 0 Å². The normalized spacial score (nSPS) is 19.3. The molecule has 1 unspecified atom stereocenters. The zero-order chi connectivity index (χ0) is 21.3. The summed E-state index contributed by atoms with van der Waals surface area (Å²) in [5, 5.41) is 11.4. The van der Waals surface area contributed by atoms with Gasteiger partial charge in [0.15, 0.2) is 0 Å². The average Bonchev–Trinajstić information content (AvgIpc) is 3.15. The number of benzene rings is 2. The Morgan fingerprint density at radius 3 is 2.17 bits per heavy atom. The van der Waals surface area contributed by atoms with Gasteiger partial charge in [-0.1, -0.05) is 11.6 Å². The van der Waals surface area contributed by atoms with Gasteiger partial charge < -0.3 is 14.7 Å². The molecule has 4 rings (SSSR count). The summed E-state index contributed by atoms with van der Waals surface area (Å²) in [4.78, 5) is 41.3. The van der Waals surface area contributed by atoms with E-state index in [2.05, 4.69) is 4.90 Å². The van der Waals surface area contributed by atoms with Crippen LogP contribution in [0.25, 0.3) is 0 Å². The largest absolute Gasteiger partial charge is 0.368 e. The first-order valence-electron chi connectivity index (χ1n) is 9.76. The van der Waals surface area contributed by atoms with Crippen molar-refractivity contribution in [2.45, 2.75) is 6.42 Å². The Labute approximate surface area is 178 Å². The number of carbonyl (C=O) groups is 2. The zero-order valence-electron chi connectivity index (χ0n) is 16.2. The molecule has 0 saturated carbocycles. The van der Waals surface area contributed by atoms with Crippen LogP contribution < -0.4 is 9.80 Å². The van der Waals surface area contributed by atoms with Crippen LogP contribution in [0.2, 0.25) is 5.02 Å². The molecule has 0 N–H and O–H groups in total. The standard InChI is InChI=1S/C21H21ClN4O4/c22-16-1-3-18(4-2-16)25-14-15(13-20(25)27)21(28)24-11-9-23(10-12-24)17-5-7-19(8-6-17)26(29)30/h1-8,15H,9-14H2. The summed E-state index contributed by atoms with van der Waals surface area (Å²) in [5.74, 6) is -0.401. The molecule has 2 aliphatic rings. The lowest BCUT2D eigenvalue weighted by Gasteiger charge is -2.37. The third-order valence-electron chi connectivity index (χ3n) is 5.63. The SMILES string of the molecule is O=C(C1CC(=O)N(c2ccc(Cl)cc2)C1)N1CCN(c2ccc([N+](=O)[O-])cc2)CC1. The molecule has 0 radical (unpaired) electrons. The number of non-ortho nitro benzene ring substituents is 1. The Balaban J connectivity index is 1.34. The van der Waals surface area contributed by atoms with E-state index in [1.165, 1.54) is 12.1 Å². The lowest BCUT2D eigenvalue weighted by Crippen LogP contribution is -2.50. The van der Waals surface area contributed by atoms with Gasteiger partial charge in [-0.3, -0.25) is 19.7 Å². The van der Waals surface area contributed by atoms with Crippen molar-refractivity contribution < 1.29 is 14.5 Å². The third-order valence-corrected chi connectivity index (χ3v) is 5.88. The number of anilines is 2. The van der Waals surface area contributed by atoms with E-state index in [9.17, 15) is 19.7 Å². The molecule has 1 atom stereocenters. The van der Waals surface area contributed by atoms with E-state index >= 15 is 0 Å². The molecule has 2 aromatic rings. The highest BCUT2D eigenvalue weighted by atomic mass is 35.5. The summed E-state index contributed by atoms with van der Waals surface area (Å²) >= 11 is 5.91. The summed E-state index contributed by atoms with van der Waals surface area (Å²) in [6.45, 7) is 2.78. The Morgan fingerprint density at radius 1 is 0.967 bits per heavy atom. The summed E-state index contributed by atoms with van der Waals surface area (Å²) < 4.78 is 0. The number of amides is 2. The molecule has 30 heavy (non-hydrogen) atoms. The Hall–Kier alpha value is -3.13. The summed E-state index contributed by atoms with van der Waals surface area (Å²) in [7, 11) is 0. The molecular formula is C21H21ClN4O4. The maximum atomic E-state index is 13.0. The van der Waals surface area contributed by atoms with Crippen LogP contribution in [0.3, 0.4) is 0 Å². The molecular weight excluding hydrogens is 408 g/mol. The van der Waals surface area contributed by atoms with Crippen LogP contribution in [-0.4, -0.2) is 54.4 Å². The molecule has 2 heterocycles. The van der Waals surface area contributed by atoms with Crippen molar-refractivity contribution in [2.75, 3.05) is 42.5 Å². The van der Waals surface area contributed by atoms with Gasteiger partial charge in [0.05, 0.1) is 10.8 Å². The van der Waals surface area contributed by atoms with Crippen molar-refractivity contribution in [1.82, 2.24) is 4.90 Å². The van der Waals surface area contributed by atoms with Crippen LogP contribution >= 0.6 is 11.6 Å². The highest BCUT2D eigenvalue weighted by Gasteiger charge is 2.38. The number of hydrogen-bond acceptors (Lipinski definition) is 5. The van der Waals surface area contributed by atoms with Crippen LogP contribution in [-0.2, 0) is 9.59 Å². The average molecular weight is 429 g/mol. The number of hydrogen-bond donors (Lipinski definition) is 0. The maximum Gasteiger partial charge on any atom is 0.269 e. The second-order valence-corrected chi connectivity index (χ2v) is 7.90. The number of nitro benzene ring substituents is 1. The minimum absolute atomic E-state index is 0.00293. The predicted octanol–water partition coefficient (Wildman–Crippen LogP) is 2.95. The Bertz CT molecular complexity index is 956. The Kier molecular flexibility index (Phi) is 5.59. The second-order valence-electron chi connectivity index (χ2n) is 7.47. The van der Waals surface area contributed by atoms with Crippen molar-refractivity contribution >= 4 is 40.5 Å². The smallest absolute Gasteiger partial charge is 0.269 e. The number of piperazine rings is 1. The van der Waals surface area contributed by atoms with E-state index in [1.807, 2.05) is 4.90 Å². The van der Waals surface area contributed by atoms with Crippen molar-refractivity contribution in [2.24, 2.45) is 5.92 Å². The second kappa shape index (κ2) is 8.31. The molecule has 9 heteroatoms. The van der Waals surface area contributed by atoms with Crippen LogP contribution in [0.1, 0.15) is 6.42 Å². The van der Waals surface area contributed by atoms with Gasteiger partial charge in [0, 0.05) is 67.7 Å². The minimum atomic E-state index is -0.420. The van der Waals surface area contributed by atoms with Crippen LogP contribution in [0, 0.1) is 16.0 Å². The zero-order valence-corrected chi connectivity index (χ0v) is 17.0. The first-order chi connectivity index (χ1) is 14.4. The lowest BCUT2D eigenvalue weighted by molar-refractivity contribution is -0.384. The predicted molar refractivity (Wildman–Crippen MR) is 114 cm³/mol. The summed E-state index contributed by atoms with van der Waals surface area (Å²) in [5.41, 5.74) is 1.71. The number of halogens is 1. The minimum Gasteiger partial charge on any atom is -0.368 e. The van der Waals surface area contributed by atoms with E-state index in [0.29, 0.717) is 37.7 Å². The molecule has 0 spiro atoms. The van der Waals surface area contributed by atoms with Gasteiger partial charge in [0.2, 0.25) is 11.8 Å². The number of carbonyl (C=O) groups excluding carboxylic acids is 2. The monoisotopic (exact) mass is 428 g/mol. The molecule has 0 bridgehead atoms. The molecule has 156 valence electrons. The Morgan fingerprint density at radius 2 is 1.57 bits per heavy atom. The fraction of sp³-hybridized carbons (Fsp3) is 0.333. The number of nitro groups is 1. The van der Waals surface area contributed by atoms with Gasteiger partial charge in [-0.2, -0.15) is 0 Å².